The van der Waals surface area contributed by atoms with Crippen LogP contribution in [0.5, 0.6) is 0 Å². The first-order chi connectivity index (χ1) is 8.04. The lowest BCUT2D eigenvalue weighted by atomic mass is 10.1. The van der Waals surface area contributed by atoms with Crippen LogP contribution in [0.3, 0.4) is 0 Å². The van der Waals surface area contributed by atoms with E-state index in [4.69, 9.17) is 0 Å². The third kappa shape index (κ3) is 5.29. The second kappa shape index (κ2) is 8.39. The van der Waals surface area contributed by atoms with Gasteiger partial charge in [-0.05, 0) is 7.05 Å². The largest absolute Gasteiger partial charge is 0.349 e. The molecule has 1 heterocycles. The average molecular weight is 293 g/mol. The number of hydrogen-bond acceptors (Lipinski definition) is 5. The van der Waals surface area contributed by atoms with Crippen LogP contribution in [0.25, 0.3) is 0 Å². The zero-order chi connectivity index (χ0) is 12.8. The zero-order valence-electron chi connectivity index (χ0n) is 11.2. The van der Waals surface area contributed by atoms with Crippen molar-refractivity contribution in [1.82, 2.24) is 20.8 Å². The number of hydrogen-bond donors (Lipinski definition) is 2. The molecule has 0 saturated carbocycles. The van der Waals surface area contributed by atoms with Crippen LogP contribution in [0.15, 0.2) is 0 Å². The van der Waals surface area contributed by atoms with Crippen LogP contribution < -0.4 is 10.6 Å². The monoisotopic (exact) mass is 292 g/mol. The van der Waals surface area contributed by atoms with E-state index in [1.165, 1.54) is 0 Å². The third-order valence-electron chi connectivity index (χ3n) is 2.35. The molecule has 1 atom stereocenters. The molecule has 0 spiro atoms. The maximum Gasteiger partial charge on any atom is 0.224 e. The summed E-state index contributed by atoms with van der Waals surface area (Å²) in [5, 5.41) is 15.8. The van der Waals surface area contributed by atoms with Crippen molar-refractivity contribution >= 4 is 29.7 Å². The van der Waals surface area contributed by atoms with Gasteiger partial charge in [0.15, 0.2) is 0 Å². The molecule has 1 unspecified atom stereocenters. The number of carbonyl (C=O) groups excluding carboxylic acids is 1. The van der Waals surface area contributed by atoms with Gasteiger partial charge in [-0.2, -0.15) is 0 Å². The highest BCUT2D eigenvalue weighted by Gasteiger charge is 2.13. The quantitative estimate of drug-likeness (QED) is 0.835. The van der Waals surface area contributed by atoms with E-state index in [9.17, 15) is 4.79 Å². The Morgan fingerprint density at radius 3 is 2.50 bits per heavy atom. The minimum absolute atomic E-state index is 0. The van der Waals surface area contributed by atoms with Crippen LogP contribution in [0.2, 0.25) is 0 Å². The molecule has 2 N–H and O–H groups in total. The van der Waals surface area contributed by atoms with E-state index >= 15 is 0 Å². The lowest BCUT2D eigenvalue weighted by molar-refractivity contribution is -0.124. The SMILES string of the molecule is CNCC(C)C(=O)NCc1nnc(C(C)C)s1.Cl. The summed E-state index contributed by atoms with van der Waals surface area (Å²) in [5.41, 5.74) is 0. The molecular formula is C11H21ClN4OS. The Morgan fingerprint density at radius 1 is 1.33 bits per heavy atom. The van der Waals surface area contributed by atoms with Gasteiger partial charge >= 0.3 is 0 Å². The minimum atomic E-state index is -0.0301. The molecule has 0 aromatic carbocycles. The maximum absolute atomic E-state index is 11.7. The van der Waals surface area contributed by atoms with Crippen LogP contribution in [0.4, 0.5) is 0 Å². The molecule has 0 aliphatic carbocycles. The number of halogens is 1. The van der Waals surface area contributed by atoms with E-state index in [-0.39, 0.29) is 24.2 Å². The third-order valence-corrected chi connectivity index (χ3v) is 3.57. The van der Waals surface area contributed by atoms with Crippen LogP contribution in [0.1, 0.15) is 36.7 Å². The number of rotatable bonds is 6. The summed E-state index contributed by atoms with van der Waals surface area (Å²) >= 11 is 1.56. The molecule has 104 valence electrons. The molecule has 7 heteroatoms. The van der Waals surface area contributed by atoms with Crippen molar-refractivity contribution in [3.63, 3.8) is 0 Å². The summed E-state index contributed by atoms with van der Waals surface area (Å²) in [6, 6.07) is 0. The summed E-state index contributed by atoms with van der Waals surface area (Å²) in [7, 11) is 1.84. The number of nitrogens with zero attached hydrogens (tertiary/aromatic N) is 2. The molecule has 0 aliphatic rings. The molecule has 0 saturated heterocycles. The first-order valence-corrected chi connectivity index (χ1v) is 6.60. The first-order valence-electron chi connectivity index (χ1n) is 5.79. The predicted molar refractivity (Wildman–Crippen MR) is 76.2 cm³/mol. The van der Waals surface area contributed by atoms with E-state index in [0.29, 0.717) is 19.0 Å². The number of amides is 1. The van der Waals surface area contributed by atoms with Gasteiger partial charge in [0.2, 0.25) is 5.91 Å². The number of carbonyl (C=O) groups is 1. The summed E-state index contributed by atoms with van der Waals surface area (Å²) in [6.07, 6.45) is 0. The molecule has 0 aliphatic heterocycles. The van der Waals surface area contributed by atoms with Crippen LogP contribution in [-0.2, 0) is 11.3 Å². The van der Waals surface area contributed by atoms with E-state index in [2.05, 4.69) is 34.7 Å². The molecule has 1 rings (SSSR count). The highest BCUT2D eigenvalue weighted by atomic mass is 35.5. The van der Waals surface area contributed by atoms with Gasteiger partial charge in [0.05, 0.1) is 6.54 Å². The van der Waals surface area contributed by atoms with Gasteiger partial charge in [-0.25, -0.2) is 0 Å². The summed E-state index contributed by atoms with van der Waals surface area (Å²) < 4.78 is 0. The fourth-order valence-corrected chi connectivity index (χ4v) is 2.09. The highest BCUT2D eigenvalue weighted by molar-refractivity contribution is 7.11. The summed E-state index contributed by atoms with van der Waals surface area (Å²) in [5.74, 6) is 0.401. The highest BCUT2D eigenvalue weighted by Crippen LogP contribution is 2.18. The van der Waals surface area contributed by atoms with Crippen molar-refractivity contribution in [3.05, 3.63) is 10.0 Å². The Kier molecular flexibility index (Phi) is 8.06. The molecule has 5 nitrogen and oxygen atoms in total. The summed E-state index contributed by atoms with van der Waals surface area (Å²) in [6.45, 7) is 7.21. The smallest absolute Gasteiger partial charge is 0.224 e. The van der Waals surface area contributed by atoms with Gasteiger partial charge in [0.25, 0.3) is 0 Å². The second-order valence-corrected chi connectivity index (χ2v) is 5.46. The predicted octanol–water partition coefficient (Wildman–Crippen LogP) is 1.55. The maximum atomic E-state index is 11.7. The van der Waals surface area contributed by atoms with Crippen molar-refractivity contribution in [1.29, 1.82) is 0 Å². The Morgan fingerprint density at radius 2 is 2.00 bits per heavy atom. The molecular weight excluding hydrogens is 272 g/mol. The van der Waals surface area contributed by atoms with Crippen molar-refractivity contribution in [2.24, 2.45) is 5.92 Å². The Hall–Kier alpha value is -0.720. The van der Waals surface area contributed by atoms with Gasteiger partial charge in [-0.1, -0.05) is 32.1 Å². The number of nitrogens with one attached hydrogen (secondary N) is 2. The second-order valence-electron chi connectivity index (χ2n) is 4.37. The summed E-state index contributed by atoms with van der Waals surface area (Å²) in [4.78, 5) is 11.7. The molecule has 0 bridgehead atoms. The van der Waals surface area contributed by atoms with Gasteiger partial charge in [-0.15, -0.1) is 22.6 Å². The normalized spacial score (nSPS) is 12.1. The molecule has 18 heavy (non-hydrogen) atoms. The standard InChI is InChI=1S/C11H20N4OS.ClH/c1-7(2)11-15-14-9(17-11)6-13-10(16)8(3)5-12-4;/h7-8,12H,5-6H2,1-4H3,(H,13,16);1H. The Bertz CT molecular complexity index is 370. The lowest BCUT2D eigenvalue weighted by Crippen LogP contribution is -2.33. The lowest BCUT2D eigenvalue weighted by Gasteiger charge is -2.09. The van der Waals surface area contributed by atoms with Crippen molar-refractivity contribution in [2.45, 2.75) is 33.2 Å². The molecule has 1 aromatic heterocycles. The van der Waals surface area contributed by atoms with Gasteiger partial charge in [0, 0.05) is 18.4 Å². The van der Waals surface area contributed by atoms with Crippen molar-refractivity contribution < 1.29 is 4.79 Å². The first kappa shape index (κ1) is 17.3. The van der Waals surface area contributed by atoms with Crippen molar-refractivity contribution in [2.75, 3.05) is 13.6 Å². The molecule has 1 aromatic rings. The molecule has 0 radical (unpaired) electrons. The fraction of sp³-hybridized carbons (Fsp3) is 0.727. The zero-order valence-corrected chi connectivity index (χ0v) is 12.8. The van der Waals surface area contributed by atoms with Crippen molar-refractivity contribution in [3.8, 4) is 0 Å². The number of aromatic nitrogens is 2. The average Bonchev–Trinajstić information content (AvgIpc) is 2.75. The van der Waals surface area contributed by atoms with Gasteiger partial charge in [0.1, 0.15) is 10.0 Å². The van der Waals surface area contributed by atoms with Gasteiger partial charge in [-0.3, -0.25) is 4.79 Å². The topological polar surface area (TPSA) is 66.9 Å². The minimum Gasteiger partial charge on any atom is -0.349 e. The van der Waals surface area contributed by atoms with E-state index in [1.54, 1.807) is 11.3 Å². The Balaban J connectivity index is 0.00000289. The van der Waals surface area contributed by atoms with Crippen LogP contribution in [-0.4, -0.2) is 29.7 Å². The molecule has 0 fully saturated rings. The van der Waals surface area contributed by atoms with Crippen LogP contribution >= 0.6 is 23.7 Å². The Labute approximate surface area is 118 Å². The van der Waals surface area contributed by atoms with E-state index in [0.717, 1.165) is 10.0 Å². The van der Waals surface area contributed by atoms with E-state index in [1.807, 2.05) is 14.0 Å². The van der Waals surface area contributed by atoms with Crippen LogP contribution in [0, 0.1) is 5.92 Å². The fourth-order valence-electron chi connectivity index (χ4n) is 1.31. The van der Waals surface area contributed by atoms with E-state index < -0.39 is 0 Å². The van der Waals surface area contributed by atoms with Gasteiger partial charge < -0.3 is 10.6 Å². The molecule has 1 amide bonds.